The number of sulfone groups is 1. The van der Waals surface area contributed by atoms with Crippen LogP contribution in [0.1, 0.15) is 12.0 Å². The molecule has 1 saturated heterocycles. The average Bonchev–Trinajstić information content (AvgIpc) is 2.46. The normalized spacial score (nSPS) is 15.6. The van der Waals surface area contributed by atoms with E-state index in [0.717, 1.165) is 17.5 Å². The largest absolute Gasteiger partial charge is 0.370 e. The van der Waals surface area contributed by atoms with E-state index in [9.17, 15) is 18.0 Å². The Morgan fingerprint density at radius 3 is 2.74 bits per heavy atom. The average molecular weight is 340 g/mol. The van der Waals surface area contributed by atoms with Crippen molar-refractivity contribution in [1.29, 1.82) is 0 Å². The number of carbonyl (C=O) groups excluding carboxylic acids is 2. The molecule has 1 aliphatic rings. The van der Waals surface area contributed by atoms with Gasteiger partial charge in [0.05, 0.1) is 12.4 Å². The van der Waals surface area contributed by atoms with Crippen LogP contribution in [0, 0.1) is 6.92 Å². The summed E-state index contributed by atoms with van der Waals surface area (Å²) in [6.45, 7) is 2.92. The summed E-state index contributed by atoms with van der Waals surface area (Å²) in [4.78, 5) is 25.3. The second-order valence-electron chi connectivity index (χ2n) is 5.53. The van der Waals surface area contributed by atoms with Gasteiger partial charge in [-0.15, -0.1) is 0 Å². The molecule has 1 aromatic carbocycles. The predicted octanol–water partition coefficient (Wildman–Crippen LogP) is 0.731. The zero-order valence-electron chi connectivity index (χ0n) is 13.2. The first-order valence-electron chi connectivity index (χ1n) is 7.22. The van der Waals surface area contributed by atoms with Crippen molar-refractivity contribution in [3.63, 3.8) is 0 Å². The molecule has 0 radical (unpaired) electrons. The first-order chi connectivity index (χ1) is 10.8. The van der Waals surface area contributed by atoms with Gasteiger partial charge in [-0.3, -0.25) is 9.59 Å². The summed E-state index contributed by atoms with van der Waals surface area (Å²) in [6, 6.07) is 5.23. The van der Waals surface area contributed by atoms with Gasteiger partial charge in [0, 0.05) is 30.6 Å². The fourth-order valence-corrected chi connectivity index (χ4v) is 2.87. The first-order valence-corrected chi connectivity index (χ1v) is 9.28. The zero-order valence-corrected chi connectivity index (χ0v) is 14.0. The van der Waals surface area contributed by atoms with Crippen LogP contribution in [0.25, 0.3) is 0 Å². The van der Waals surface area contributed by atoms with Crippen molar-refractivity contribution in [2.45, 2.75) is 13.3 Å². The number of morpholine rings is 1. The van der Waals surface area contributed by atoms with Crippen LogP contribution in [-0.4, -0.2) is 52.0 Å². The van der Waals surface area contributed by atoms with Gasteiger partial charge in [-0.25, -0.2) is 8.42 Å². The molecule has 0 atom stereocenters. The van der Waals surface area contributed by atoms with Gasteiger partial charge in [0.25, 0.3) is 5.91 Å². The van der Waals surface area contributed by atoms with Gasteiger partial charge in [-0.1, -0.05) is 0 Å². The second kappa shape index (κ2) is 7.10. The molecule has 0 bridgehead atoms. The molecule has 1 aliphatic heterocycles. The fraction of sp³-hybridized carbons (Fsp3) is 0.467. The van der Waals surface area contributed by atoms with E-state index < -0.39 is 9.84 Å². The number of benzene rings is 1. The minimum atomic E-state index is -3.16. The van der Waals surface area contributed by atoms with E-state index in [1.807, 2.05) is 6.92 Å². The Morgan fingerprint density at radius 2 is 2.13 bits per heavy atom. The van der Waals surface area contributed by atoms with E-state index >= 15 is 0 Å². The predicted molar refractivity (Wildman–Crippen MR) is 87.3 cm³/mol. The molecule has 8 heteroatoms. The maximum atomic E-state index is 11.9. The number of nitrogens with one attached hydrogen (secondary N) is 1. The summed E-state index contributed by atoms with van der Waals surface area (Å²) in [5, 5.41) is 2.67. The van der Waals surface area contributed by atoms with Gasteiger partial charge in [0.1, 0.15) is 16.4 Å². The van der Waals surface area contributed by atoms with Crippen LogP contribution >= 0.6 is 0 Å². The Bertz CT molecular complexity index is 715. The van der Waals surface area contributed by atoms with Crippen molar-refractivity contribution in [2.24, 2.45) is 0 Å². The summed E-state index contributed by atoms with van der Waals surface area (Å²) in [7, 11) is -3.16. The molecule has 1 fully saturated rings. The number of ether oxygens (including phenoxy) is 1. The maximum absolute atomic E-state index is 11.9. The number of hydrogen-bond acceptors (Lipinski definition) is 5. The van der Waals surface area contributed by atoms with Crippen LogP contribution < -0.4 is 10.2 Å². The van der Waals surface area contributed by atoms with Gasteiger partial charge >= 0.3 is 0 Å². The Labute approximate surface area is 135 Å². The smallest absolute Gasteiger partial charge is 0.253 e. The van der Waals surface area contributed by atoms with E-state index in [1.165, 1.54) is 0 Å². The third-order valence-electron chi connectivity index (χ3n) is 3.46. The molecule has 0 aromatic heterocycles. The summed E-state index contributed by atoms with van der Waals surface area (Å²) in [5.41, 5.74) is 2.21. The molecule has 2 rings (SSSR count). The van der Waals surface area contributed by atoms with Crippen LogP contribution in [0.5, 0.6) is 0 Å². The van der Waals surface area contributed by atoms with Crippen molar-refractivity contribution in [2.75, 3.05) is 42.0 Å². The number of hydrogen-bond donors (Lipinski definition) is 1. The topological polar surface area (TPSA) is 92.8 Å². The zero-order chi connectivity index (χ0) is 17.0. The second-order valence-corrected chi connectivity index (χ2v) is 7.79. The van der Waals surface area contributed by atoms with E-state index in [4.69, 9.17) is 4.74 Å². The van der Waals surface area contributed by atoms with Crippen LogP contribution in [0.2, 0.25) is 0 Å². The number of aryl methyl sites for hydroxylation is 1. The molecule has 7 nitrogen and oxygen atoms in total. The maximum Gasteiger partial charge on any atom is 0.253 e. The lowest BCUT2D eigenvalue weighted by Crippen LogP contribution is -2.42. The fourth-order valence-electron chi connectivity index (χ4n) is 2.31. The molecule has 0 saturated carbocycles. The minimum Gasteiger partial charge on any atom is -0.370 e. The molecular formula is C15H20N2O5S. The third-order valence-corrected chi connectivity index (χ3v) is 4.40. The standard InChI is InChI=1S/C15H20N2O5S/c1-11-9-12(16-14(18)5-8-23(2,20)21)3-4-13(11)17-6-7-22-10-15(17)19/h3-4,9H,5-8,10H2,1-2H3,(H,16,18). The summed E-state index contributed by atoms with van der Waals surface area (Å²) >= 11 is 0. The van der Waals surface area contributed by atoms with Gasteiger partial charge in [0.2, 0.25) is 5.91 Å². The van der Waals surface area contributed by atoms with Crippen molar-refractivity contribution in [3.05, 3.63) is 23.8 Å². The van der Waals surface area contributed by atoms with E-state index in [-0.39, 0.29) is 30.6 Å². The molecule has 1 heterocycles. The first kappa shape index (κ1) is 17.4. The summed E-state index contributed by atoms with van der Waals surface area (Å²) in [6.07, 6.45) is 1.01. The Morgan fingerprint density at radius 1 is 1.39 bits per heavy atom. The highest BCUT2D eigenvalue weighted by Gasteiger charge is 2.21. The van der Waals surface area contributed by atoms with Crippen LogP contribution in [0.4, 0.5) is 11.4 Å². The number of nitrogens with zero attached hydrogens (tertiary/aromatic N) is 1. The molecule has 2 amide bonds. The SMILES string of the molecule is Cc1cc(NC(=O)CCS(C)(=O)=O)ccc1N1CCOCC1=O. The van der Waals surface area contributed by atoms with Gasteiger partial charge in [-0.2, -0.15) is 0 Å². The number of anilines is 2. The quantitative estimate of drug-likeness (QED) is 0.853. The van der Waals surface area contributed by atoms with Gasteiger partial charge in [0.15, 0.2) is 0 Å². The Hall–Kier alpha value is -1.93. The molecular weight excluding hydrogens is 320 g/mol. The number of carbonyl (C=O) groups is 2. The molecule has 23 heavy (non-hydrogen) atoms. The van der Waals surface area contributed by atoms with E-state index in [2.05, 4.69) is 5.32 Å². The molecule has 0 aliphatic carbocycles. The Kier molecular flexibility index (Phi) is 5.38. The molecule has 1 aromatic rings. The van der Waals surface area contributed by atoms with Gasteiger partial charge in [-0.05, 0) is 30.7 Å². The highest BCUT2D eigenvalue weighted by atomic mass is 32.2. The van der Waals surface area contributed by atoms with Crippen molar-refractivity contribution >= 4 is 33.0 Å². The van der Waals surface area contributed by atoms with Crippen molar-refractivity contribution in [3.8, 4) is 0 Å². The molecule has 126 valence electrons. The van der Waals surface area contributed by atoms with Crippen molar-refractivity contribution in [1.82, 2.24) is 0 Å². The van der Waals surface area contributed by atoms with Crippen LogP contribution in [-0.2, 0) is 24.2 Å². The highest BCUT2D eigenvalue weighted by molar-refractivity contribution is 7.90. The van der Waals surface area contributed by atoms with Crippen LogP contribution in [0.3, 0.4) is 0 Å². The lowest BCUT2D eigenvalue weighted by Gasteiger charge is -2.28. The molecule has 1 N–H and O–H groups in total. The van der Waals surface area contributed by atoms with Gasteiger partial charge < -0.3 is 15.0 Å². The molecule has 0 spiro atoms. The highest BCUT2D eigenvalue weighted by Crippen LogP contribution is 2.25. The number of rotatable bonds is 5. The summed E-state index contributed by atoms with van der Waals surface area (Å²) < 4.78 is 27.2. The Balaban J connectivity index is 2.04. The van der Waals surface area contributed by atoms with Crippen molar-refractivity contribution < 1.29 is 22.7 Å². The monoisotopic (exact) mass is 340 g/mol. The molecule has 0 unspecified atom stereocenters. The third kappa shape index (κ3) is 5.04. The minimum absolute atomic E-state index is 0.0728. The van der Waals surface area contributed by atoms with E-state index in [1.54, 1.807) is 23.1 Å². The number of amides is 2. The van der Waals surface area contributed by atoms with Crippen LogP contribution in [0.15, 0.2) is 18.2 Å². The van der Waals surface area contributed by atoms with E-state index in [0.29, 0.717) is 18.8 Å². The summed E-state index contributed by atoms with van der Waals surface area (Å²) in [5.74, 6) is -0.632. The lowest BCUT2D eigenvalue weighted by molar-refractivity contribution is -0.125. The lowest BCUT2D eigenvalue weighted by atomic mass is 10.1.